The van der Waals surface area contributed by atoms with E-state index in [-0.39, 0.29) is 10.2 Å². The minimum atomic E-state index is -4.71. The summed E-state index contributed by atoms with van der Waals surface area (Å²) in [5, 5.41) is 0. The molecule has 0 aliphatic carbocycles. The van der Waals surface area contributed by atoms with Crippen LogP contribution in [-0.2, 0) is 4.74 Å². The molecular formula is C12H14BrF3O3. The first kappa shape index (κ1) is 16.1. The van der Waals surface area contributed by atoms with Gasteiger partial charge in [0.1, 0.15) is 11.5 Å². The van der Waals surface area contributed by atoms with E-state index in [9.17, 15) is 13.2 Å². The van der Waals surface area contributed by atoms with Gasteiger partial charge in [0, 0.05) is 19.6 Å². The van der Waals surface area contributed by atoms with Crippen molar-refractivity contribution in [2.75, 3.05) is 19.8 Å². The summed E-state index contributed by atoms with van der Waals surface area (Å²) in [6, 6.07) is 4.06. The van der Waals surface area contributed by atoms with E-state index in [1.54, 1.807) is 0 Å². The smallest absolute Gasteiger partial charge is 0.493 e. The van der Waals surface area contributed by atoms with Gasteiger partial charge in [-0.15, -0.1) is 13.2 Å². The van der Waals surface area contributed by atoms with Crippen LogP contribution in [0, 0.1) is 0 Å². The molecule has 0 atom stereocenters. The molecule has 0 bridgehead atoms. The third-order valence-corrected chi connectivity index (χ3v) is 2.65. The summed E-state index contributed by atoms with van der Waals surface area (Å²) in [7, 11) is 0. The Labute approximate surface area is 117 Å². The first-order valence-electron chi connectivity index (χ1n) is 5.68. The second kappa shape index (κ2) is 7.59. The van der Waals surface area contributed by atoms with Gasteiger partial charge in [-0.25, -0.2) is 0 Å². The fraction of sp³-hybridized carbons (Fsp3) is 0.500. The lowest BCUT2D eigenvalue weighted by molar-refractivity contribution is -0.274. The predicted molar refractivity (Wildman–Crippen MR) is 67.4 cm³/mol. The summed E-state index contributed by atoms with van der Waals surface area (Å²) in [4.78, 5) is 0. The number of benzene rings is 1. The van der Waals surface area contributed by atoms with Gasteiger partial charge in [-0.1, -0.05) is 0 Å². The Kier molecular flexibility index (Phi) is 6.44. The van der Waals surface area contributed by atoms with Crippen molar-refractivity contribution in [3.05, 3.63) is 22.7 Å². The van der Waals surface area contributed by atoms with Crippen molar-refractivity contribution < 1.29 is 27.4 Å². The molecule has 0 aliphatic rings. The Hall–Kier alpha value is -0.950. The SMILES string of the molecule is CCOCCCOc1ccc(OC(F)(F)F)c(Br)c1. The maximum atomic E-state index is 12.1. The van der Waals surface area contributed by atoms with E-state index in [1.165, 1.54) is 18.2 Å². The molecule has 0 saturated heterocycles. The molecule has 0 unspecified atom stereocenters. The monoisotopic (exact) mass is 342 g/mol. The molecule has 0 aromatic heterocycles. The number of ether oxygens (including phenoxy) is 3. The van der Waals surface area contributed by atoms with Crippen LogP contribution in [0.4, 0.5) is 13.2 Å². The maximum Gasteiger partial charge on any atom is 0.573 e. The van der Waals surface area contributed by atoms with Gasteiger partial charge in [0.05, 0.1) is 11.1 Å². The van der Waals surface area contributed by atoms with E-state index in [4.69, 9.17) is 9.47 Å². The van der Waals surface area contributed by atoms with Crippen molar-refractivity contribution in [2.45, 2.75) is 19.7 Å². The standard InChI is InChI=1S/C12H14BrF3O3/c1-2-17-6-3-7-18-9-4-5-11(10(13)8-9)19-12(14,15)16/h4-5,8H,2-3,6-7H2,1H3. The number of rotatable bonds is 7. The lowest BCUT2D eigenvalue weighted by Gasteiger charge is -2.12. The quantitative estimate of drug-likeness (QED) is 0.696. The fourth-order valence-corrected chi connectivity index (χ4v) is 1.71. The molecule has 3 nitrogen and oxygen atoms in total. The third kappa shape index (κ3) is 6.68. The molecule has 108 valence electrons. The van der Waals surface area contributed by atoms with Gasteiger partial charge in [0.2, 0.25) is 0 Å². The van der Waals surface area contributed by atoms with Crippen LogP contribution in [-0.4, -0.2) is 26.2 Å². The van der Waals surface area contributed by atoms with Gasteiger partial charge in [-0.05, 0) is 41.1 Å². The van der Waals surface area contributed by atoms with Gasteiger partial charge in [0.15, 0.2) is 0 Å². The van der Waals surface area contributed by atoms with Crippen LogP contribution in [0.3, 0.4) is 0 Å². The molecule has 1 aromatic rings. The summed E-state index contributed by atoms with van der Waals surface area (Å²) in [5.74, 6) is 0.173. The Morgan fingerprint density at radius 2 is 1.95 bits per heavy atom. The lowest BCUT2D eigenvalue weighted by atomic mass is 10.3. The topological polar surface area (TPSA) is 27.7 Å². The van der Waals surface area contributed by atoms with E-state index in [0.29, 0.717) is 32.0 Å². The predicted octanol–water partition coefficient (Wildman–Crippen LogP) is 4.15. The van der Waals surface area contributed by atoms with E-state index in [2.05, 4.69) is 20.7 Å². The molecule has 0 fully saturated rings. The van der Waals surface area contributed by atoms with Crippen molar-refractivity contribution in [3.8, 4) is 11.5 Å². The highest BCUT2D eigenvalue weighted by Crippen LogP contribution is 2.33. The van der Waals surface area contributed by atoms with Crippen LogP contribution in [0.5, 0.6) is 11.5 Å². The number of hydrogen-bond acceptors (Lipinski definition) is 3. The van der Waals surface area contributed by atoms with Gasteiger partial charge >= 0.3 is 6.36 Å². The number of halogens is 4. The molecule has 1 aromatic carbocycles. The molecule has 19 heavy (non-hydrogen) atoms. The average molecular weight is 343 g/mol. The van der Waals surface area contributed by atoms with E-state index >= 15 is 0 Å². The molecule has 0 aliphatic heterocycles. The molecular weight excluding hydrogens is 329 g/mol. The molecule has 0 radical (unpaired) electrons. The molecule has 0 heterocycles. The van der Waals surface area contributed by atoms with E-state index in [0.717, 1.165) is 0 Å². The summed E-state index contributed by atoms with van der Waals surface area (Å²) in [6.07, 6.45) is -3.99. The summed E-state index contributed by atoms with van der Waals surface area (Å²) < 4.78 is 50.7. The average Bonchev–Trinajstić information content (AvgIpc) is 2.31. The zero-order chi connectivity index (χ0) is 14.3. The molecule has 7 heteroatoms. The molecule has 1 rings (SSSR count). The van der Waals surface area contributed by atoms with Crippen molar-refractivity contribution >= 4 is 15.9 Å². The van der Waals surface area contributed by atoms with Crippen LogP contribution >= 0.6 is 15.9 Å². The van der Waals surface area contributed by atoms with Crippen LogP contribution in [0.25, 0.3) is 0 Å². The highest BCUT2D eigenvalue weighted by molar-refractivity contribution is 9.10. The first-order chi connectivity index (χ1) is 8.92. The van der Waals surface area contributed by atoms with Crippen molar-refractivity contribution in [1.82, 2.24) is 0 Å². The molecule has 0 amide bonds. The Bertz CT molecular complexity index is 396. The summed E-state index contributed by atoms with van der Waals surface area (Å²) in [6.45, 7) is 3.57. The van der Waals surface area contributed by atoms with Crippen molar-refractivity contribution in [2.24, 2.45) is 0 Å². The van der Waals surface area contributed by atoms with E-state index in [1.807, 2.05) is 6.92 Å². The third-order valence-electron chi connectivity index (χ3n) is 2.03. The lowest BCUT2D eigenvalue weighted by Crippen LogP contribution is -2.17. The van der Waals surface area contributed by atoms with E-state index < -0.39 is 6.36 Å². The Morgan fingerprint density at radius 3 is 2.53 bits per heavy atom. The fourth-order valence-electron chi connectivity index (χ4n) is 1.27. The van der Waals surface area contributed by atoms with Gasteiger partial charge in [-0.3, -0.25) is 0 Å². The van der Waals surface area contributed by atoms with Gasteiger partial charge in [-0.2, -0.15) is 0 Å². The highest BCUT2D eigenvalue weighted by Gasteiger charge is 2.31. The minimum Gasteiger partial charge on any atom is -0.493 e. The van der Waals surface area contributed by atoms with Crippen LogP contribution in [0.15, 0.2) is 22.7 Å². The molecule has 0 spiro atoms. The zero-order valence-electron chi connectivity index (χ0n) is 10.3. The van der Waals surface area contributed by atoms with Crippen molar-refractivity contribution in [1.29, 1.82) is 0 Å². The van der Waals surface area contributed by atoms with Gasteiger partial charge in [0.25, 0.3) is 0 Å². The molecule has 0 N–H and O–H groups in total. The highest BCUT2D eigenvalue weighted by atomic mass is 79.9. The number of alkyl halides is 3. The Morgan fingerprint density at radius 1 is 1.21 bits per heavy atom. The Balaban J connectivity index is 2.47. The normalized spacial score (nSPS) is 11.4. The summed E-state index contributed by atoms with van der Waals surface area (Å²) >= 11 is 3.00. The van der Waals surface area contributed by atoms with Gasteiger partial charge < -0.3 is 14.2 Å². The van der Waals surface area contributed by atoms with Crippen LogP contribution in [0.1, 0.15) is 13.3 Å². The first-order valence-corrected chi connectivity index (χ1v) is 6.47. The second-order valence-electron chi connectivity index (χ2n) is 3.54. The molecule has 0 saturated carbocycles. The maximum absolute atomic E-state index is 12.1. The zero-order valence-corrected chi connectivity index (χ0v) is 11.9. The van der Waals surface area contributed by atoms with Crippen LogP contribution in [0.2, 0.25) is 0 Å². The van der Waals surface area contributed by atoms with Crippen molar-refractivity contribution in [3.63, 3.8) is 0 Å². The second-order valence-corrected chi connectivity index (χ2v) is 4.39. The van der Waals surface area contributed by atoms with Crippen LogP contribution < -0.4 is 9.47 Å². The largest absolute Gasteiger partial charge is 0.573 e. The minimum absolute atomic E-state index is 0.187. The summed E-state index contributed by atoms with van der Waals surface area (Å²) in [5.41, 5.74) is 0. The number of hydrogen-bond donors (Lipinski definition) is 0.